The van der Waals surface area contributed by atoms with Crippen LogP contribution >= 0.6 is 11.3 Å². The fourth-order valence-electron chi connectivity index (χ4n) is 23.9. The first-order valence-electron chi connectivity index (χ1n) is 47.9. The maximum atomic E-state index is 6.28. The molecule has 646 valence electrons. The van der Waals surface area contributed by atoms with Crippen LogP contribution in [0.2, 0.25) is 0 Å². The maximum Gasteiger partial charge on any atom is 0.421 e. The van der Waals surface area contributed by atoms with Gasteiger partial charge in [0.05, 0.1) is 56.5 Å². The molecule has 0 aliphatic carbocycles. The van der Waals surface area contributed by atoms with Crippen molar-refractivity contribution in [3.8, 4) is 50.2 Å². The number of anilines is 16. The minimum absolute atomic E-state index is 0.00735. The van der Waals surface area contributed by atoms with Gasteiger partial charge in [0.25, 0.3) is 0 Å². The van der Waals surface area contributed by atoms with E-state index in [2.05, 4.69) is 522 Å². The van der Waals surface area contributed by atoms with E-state index in [1.807, 2.05) is 23.5 Å². The number of rotatable bonds is 5. The molecular weight excluding hydrogens is 1710 g/mol. The van der Waals surface area contributed by atoms with E-state index in [0.717, 1.165) is 21.9 Å². The van der Waals surface area contributed by atoms with Crippen molar-refractivity contribution in [2.75, 3.05) is 38.5 Å². The van der Waals surface area contributed by atoms with Gasteiger partial charge in [0.2, 0.25) is 0 Å². The van der Waals surface area contributed by atoms with Gasteiger partial charge in [0.1, 0.15) is 11.2 Å². The molecule has 15 heteroatoms. The lowest BCUT2D eigenvalue weighted by atomic mass is 9.59. The summed E-state index contributed by atoms with van der Waals surface area (Å²) >= 11 is 1.89. The average Bonchev–Trinajstić information content (AvgIpc) is 1.53. The zero-order valence-electron chi connectivity index (χ0n) is 75.4. The lowest BCUT2D eigenvalue weighted by Gasteiger charge is -2.36. The van der Waals surface area contributed by atoms with Gasteiger partial charge in [0.15, 0.2) is 0 Å². The van der Waals surface area contributed by atoms with Crippen molar-refractivity contribution in [2.24, 2.45) is 0 Å². The highest BCUT2D eigenvalue weighted by Crippen LogP contribution is 2.59. The van der Waals surface area contributed by atoms with Gasteiger partial charge in [-0.25, -0.2) is 0 Å². The minimum atomic E-state index is 0.00735. The first-order valence-corrected chi connectivity index (χ1v) is 48.7. The molecule has 0 fully saturated rings. The van der Waals surface area contributed by atoms with Crippen LogP contribution in [0, 0.1) is 0 Å². The van der Waals surface area contributed by atoms with Crippen molar-refractivity contribution in [3.63, 3.8) is 0 Å². The standard InChI is InChI=1S/C36H24BN3.C30H19BN2O.C30H19BN2S.C28H19BN2/c1-3-13-25(14-4-1)38-30-19-9-7-17-27(30)36-34(38)24-23-29-35(36)28-18-8-10-20-31(28)40-33-22-12-11-21-32(33)39(37(29)40)26-15-5-2-6-16-26;2*1-2-10-20(11-3-1)32-26-15-7-8-16-27(26)33-28-18-24-22-13-5-9-17-29(22)34-30(24)19-23(28)21-12-4-6-14-25(21)31(32)33;1-2-12-22(13-3-1)30-26-16-8-9-17-27(26)31-28-19-21-11-5-4-10-20(21)18-24(28)23-14-6-7-15-25(23)29(30)31/h1-24H;2*1-19H;1-19H. The SMILES string of the molecule is c1ccc(N2B3c4ccc5c(c4-c4ccccc4N3c3ccccc32)c2ccccc2n5-c2ccccc2)cc1.c1ccc(N2B3c4ccccc4-c4cc5ccccc5cc4N3c3ccccc32)cc1.c1ccc(N2B3c4ccccc4-c4cc5oc6ccccc6c5cc4N3c3ccccc32)cc1.c1ccc(N2B3c4ccccc4-c4cc5sc6ccccc6c5cc4N3c3ccccc32)cc1. The van der Waals surface area contributed by atoms with Gasteiger partial charge < -0.3 is 47.5 Å². The summed E-state index contributed by atoms with van der Waals surface area (Å²) in [4.78, 5) is 20.0. The van der Waals surface area contributed by atoms with E-state index >= 15 is 0 Å². The molecule has 24 aromatic rings. The molecule has 10 nitrogen and oxygen atoms in total. The Kier molecular flexibility index (Phi) is 17.9. The highest BCUT2D eigenvalue weighted by atomic mass is 32.1. The predicted octanol–water partition coefficient (Wildman–Crippen LogP) is 29.9. The number of hydrogen-bond acceptors (Lipinski definition) is 10. The van der Waals surface area contributed by atoms with Crippen molar-refractivity contribution in [2.45, 2.75) is 0 Å². The highest BCUT2D eigenvalue weighted by molar-refractivity contribution is 7.26. The summed E-state index contributed by atoms with van der Waals surface area (Å²) in [6.07, 6.45) is 0. The van der Waals surface area contributed by atoms with Crippen molar-refractivity contribution in [3.05, 3.63) is 491 Å². The highest BCUT2D eigenvalue weighted by Gasteiger charge is 2.53. The summed E-state index contributed by atoms with van der Waals surface area (Å²) in [6.45, 7) is 0.211. The molecule has 21 aromatic carbocycles. The van der Waals surface area contributed by atoms with Crippen molar-refractivity contribution in [1.29, 1.82) is 0 Å². The van der Waals surface area contributed by atoms with E-state index in [9.17, 15) is 0 Å². The smallest absolute Gasteiger partial charge is 0.421 e. The second kappa shape index (κ2) is 31.5. The van der Waals surface area contributed by atoms with Gasteiger partial charge >= 0.3 is 27.9 Å². The molecule has 3 aromatic heterocycles. The van der Waals surface area contributed by atoms with Gasteiger partial charge in [-0.2, -0.15) is 0 Å². The van der Waals surface area contributed by atoms with Crippen LogP contribution in [0.1, 0.15) is 0 Å². The van der Waals surface area contributed by atoms with E-state index in [-0.39, 0.29) is 27.9 Å². The maximum absolute atomic E-state index is 6.28. The molecule has 0 unspecified atom stereocenters. The summed E-state index contributed by atoms with van der Waals surface area (Å²) in [5.41, 5.74) is 40.9. The van der Waals surface area contributed by atoms with Crippen LogP contribution in [0.5, 0.6) is 0 Å². The van der Waals surface area contributed by atoms with Crippen LogP contribution in [0.3, 0.4) is 0 Å². The van der Waals surface area contributed by atoms with Crippen molar-refractivity contribution >= 4 is 227 Å². The van der Waals surface area contributed by atoms with E-state index < -0.39 is 0 Å². The van der Waals surface area contributed by atoms with E-state index in [4.69, 9.17) is 4.42 Å². The van der Waals surface area contributed by atoms with Crippen molar-refractivity contribution in [1.82, 2.24) is 4.57 Å². The number of thiophene rings is 1. The number of aromatic nitrogens is 1. The van der Waals surface area contributed by atoms with E-state index in [0.29, 0.717) is 0 Å². The summed E-state index contributed by atoms with van der Waals surface area (Å²) in [5.74, 6) is 0. The van der Waals surface area contributed by atoms with Gasteiger partial charge in [-0.05, 0) is 231 Å². The topological polar surface area (TPSA) is 44.0 Å². The van der Waals surface area contributed by atoms with Crippen LogP contribution < -0.4 is 60.3 Å². The molecule has 0 atom stereocenters. The second-order valence-electron chi connectivity index (χ2n) is 36.8. The Hall–Kier alpha value is -17.6. The average molecular weight is 1790 g/mol. The van der Waals surface area contributed by atoms with Crippen LogP contribution in [0.15, 0.2) is 496 Å². The lowest BCUT2D eigenvalue weighted by molar-refractivity contribution is 0.669. The van der Waals surface area contributed by atoms with Gasteiger partial charge in [-0.1, -0.05) is 315 Å². The molecule has 8 aliphatic rings. The molecule has 8 aliphatic heterocycles. The molecule has 32 rings (SSSR count). The molecule has 0 saturated heterocycles. The first kappa shape index (κ1) is 78.8. The Labute approximate surface area is 809 Å². The molecular formula is C124H81B4N9OS. The molecule has 139 heavy (non-hydrogen) atoms. The molecule has 0 bridgehead atoms. The summed E-state index contributed by atoms with van der Waals surface area (Å²) in [5, 5.41) is 10.1. The largest absolute Gasteiger partial charge is 0.456 e. The molecule has 0 amide bonds. The van der Waals surface area contributed by atoms with Gasteiger partial charge in [-0.15, -0.1) is 11.3 Å². The quantitative estimate of drug-likeness (QED) is 0.157. The van der Waals surface area contributed by atoms with Crippen LogP contribution in [-0.2, 0) is 0 Å². The third-order valence-corrected chi connectivity index (χ3v) is 30.6. The number of furan rings is 1. The second-order valence-corrected chi connectivity index (χ2v) is 37.9. The molecule has 0 spiro atoms. The number of benzene rings is 21. The zero-order valence-corrected chi connectivity index (χ0v) is 76.2. The fraction of sp³-hybridized carbons (Fsp3) is 0. The number of para-hydroxylation sites is 16. The molecule has 0 radical (unpaired) electrons. The van der Waals surface area contributed by atoms with E-state index in [1.165, 1.54) is 216 Å². The molecule has 0 saturated carbocycles. The Morgan fingerprint density at radius 2 is 0.525 bits per heavy atom. The first-order chi connectivity index (χ1) is 69.1. The monoisotopic (exact) mass is 1790 g/mol. The Morgan fingerprint density at radius 1 is 0.180 bits per heavy atom. The van der Waals surface area contributed by atoms with Crippen LogP contribution in [0.4, 0.5) is 91.0 Å². The zero-order chi connectivity index (χ0) is 91.0. The Morgan fingerprint density at radius 3 is 1.02 bits per heavy atom. The Bertz CT molecular complexity index is 8830. The predicted molar refractivity (Wildman–Crippen MR) is 590 cm³/mol. The number of nitrogens with zero attached hydrogens (tertiary/aromatic N) is 9. The Balaban J connectivity index is 0.0000000895. The summed E-state index contributed by atoms with van der Waals surface area (Å²) in [6, 6.07) is 178. The molecule has 0 N–H and O–H groups in total. The van der Waals surface area contributed by atoms with Gasteiger partial charge in [-0.3, -0.25) is 0 Å². The number of hydrogen-bond donors (Lipinski definition) is 0. The minimum Gasteiger partial charge on any atom is -0.456 e. The van der Waals surface area contributed by atoms with Crippen molar-refractivity contribution < 1.29 is 4.42 Å². The summed E-state index contributed by atoms with van der Waals surface area (Å²) < 4.78 is 11.4. The number of fused-ring (bicyclic) bond motifs is 43. The summed E-state index contributed by atoms with van der Waals surface area (Å²) in [7, 11) is 0. The van der Waals surface area contributed by atoms with E-state index in [1.54, 1.807) is 0 Å². The molecule has 11 heterocycles. The van der Waals surface area contributed by atoms with Crippen LogP contribution in [-0.4, -0.2) is 32.5 Å². The normalized spacial score (nSPS) is 13.6. The van der Waals surface area contributed by atoms with Crippen LogP contribution in [0.25, 0.3) is 125 Å². The van der Waals surface area contributed by atoms with Gasteiger partial charge in [0, 0.05) is 115 Å². The third kappa shape index (κ3) is 12.0. The lowest BCUT2D eigenvalue weighted by Crippen LogP contribution is -2.55. The third-order valence-electron chi connectivity index (χ3n) is 29.5. The fourth-order valence-corrected chi connectivity index (χ4v) is 25.0.